The molecule has 0 fully saturated rings. The Morgan fingerprint density at radius 3 is 3.00 bits per heavy atom. The summed E-state index contributed by atoms with van der Waals surface area (Å²) in [6, 6.07) is 1.68. The van der Waals surface area contributed by atoms with Gasteiger partial charge in [0.05, 0.1) is 0 Å². The van der Waals surface area contributed by atoms with Crippen LogP contribution >= 0.6 is 11.8 Å². The van der Waals surface area contributed by atoms with Crippen molar-refractivity contribution >= 4 is 23.5 Å². The lowest BCUT2D eigenvalue weighted by atomic mass is 10.4. The minimum Gasteiger partial charge on any atom is -0.360 e. The third-order valence-corrected chi connectivity index (χ3v) is 3.64. The van der Waals surface area contributed by atoms with E-state index in [9.17, 15) is 4.79 Å². The van der Waals surface area contributed by atoms with Crippen molar-refractivity contribution < 1.29 is 9.32 Å². The maximum absolute atomic E-state index is 11.8. The maximum atomic E-state index is 11.8. The van der Waals surface area contributed by atoms with E-state index in [0.717, 1.165) is 11.0 Å². The molecular weight excluding hydrogens is 290 g/mol. The summed E-state index contributed by atoms with van der Waals surface area (Å²) in [4.78, 5) is 11.8. The number of hydrogen-bond donors (Lipinski definition) is 1. The van der Waals surface area contributed by atoms with Crippen LogP contribution in [-0.2, 0) is 11.3 Å². The SMILES string of the molecule is C=CCn1c(C)nnc1SCCC(=O)Nc1cc(C)on1. The first-order chi connectivity index (χ1) is 10.1. The van der Waals surface area contributed by atoms with Crippen LogP contribution in [0.5, 0.6) is 0 Å². The molecule has 0 spiro atoms. The summed E-state index contributed by atoms with van der Waals surface area (Å²) in [6.45, 7) is 8.03. The van der Waals surface area contributed by atoms with Crippen LogP contribution in [0, 0.1) is 13.8 Å². The molecule has 2 heterocycles. The molecule has 0 saturated carbocycles. The Balaban J connectivity index is 1.81. The molecular formula is C13H17N5O2S. The fourth-order valence-electron chi connectivity index (χ4n) is 1.67. The Hall–Kier alpha value is -2.09. The molecule has 0 aliphatic heterocycles. The van der Waals surface area contributed by atoms with Crippen molar-refractivity contribution in [1.29, 1.82) is 0 Å². The van der Waals surface area contributed by atoms with E-state index in [4.69, 9.17) is 4.52 Å². The molecule has 0 radical (unpaired) electrons. The van der Waals surface area contributed by atoms with E-state index in [1.54, 1.807) is 19.1 Å². The second-order valence-electron chi connectivity index (χ2n) is 4.40. The zero-order chi connectivity index (χ0) is 15.2. The molecule has 112 valence electrons. The van der Waals surface area contributed by atoms with Crippen molar-refractivity contribution in [3.8, 4) is 0 Å². The van der Waals surface area contributed by atoms with Crippen LogP contribution in [0.1, 0.15) is 18.0 Å². The van der Waals surface area contributed by atoms with Gasteiger partial charge in [-0.3, -0.25) is 4.79 Å². The van der Waals surface area contributed by atoms with E-state index in [1.165, 1.54) is 11.8 Å². The summed E-state index contributed by atoms with van der Waals surface area (Å²) in [7, 11) is 0. The lowest BCUT2D eigenvalue weighted by Gasteiger charge is -2.05. The number of carbonyl (C=O) groups excluding carboxylic acids is 1. The highest BCUT2D eigenvalue weighted by Gasteiger charge is 2.10. The first-order valence-corrected chi connectivity index (χ1v) is 7.45. The second-order valence-corrected chi connectivity index (χ2v) is 5.46. The van der Waals surface area contributed by atoms with Gasteiger partial charge in [-0.05, 0) is 13.8 Å². The predicted octanol–water partition coefficient (Wildman–Crippen LogP) is 2.19. The Labute approximate surface area is 126 Å². The zero-order valence-corrected chi connectivity index (χ0v) is 12.8. The van der Waals surface area contributed by atoms with Crippen LogP contribution in [0.2, 0.25) is 0 Å². The summed E-state index contributed by atoms with van der Waals surface area (Å²) < 4.78 is 6.84. The van der Waals surface area contributed by atoms with Gasteiger partial charge >= 0.3 is 0 Å². The predicted molar refractivity (Wildman–Crippen MR) is 80.2 cm³/mol. The number of carbonyl (C=O) groups is 1. The topological polar surface area (TPSA) is 85.8 Å². The van der Waals surface area contributed by atoms with Gasteiger partial charge in [-0.15, -0.1) is 16.8 Å². The van der Waals surface area contributed by atoms with Crippen molar-refractivity contribution in [2.45, 2.75) is 32.0 Å². The summed E-state index contributed by atoms with van der Waals surface area (Å²) >= 11 is 1.49. The number of aryl methyl sites for hydroxylation is 2. The maximum Gasteiger partial charge on any atom is 0.226 e. The number of anilines is 1. The van der Waals surface area contributed by atoms with Gasteiger partial charge in [-0.25, -0.2) is 0 Å². The Morgan fingerprint density at radius 2 is 2.33 bits per heavy atom. The minimum absolute atomic E-state index is 0.109. The van der Waals surface area contributed by atoms with Gasteiger partial charge in [0.15, 0.2) is 11.0 Å². The van der Waals surface area contributed by atoms with Crippen LogP contribution in [0.4, 0.5) is 5.82 Å². The van der Waals surface area contributed by atoms with Crippen molar-refractivity contribution in [3.63, 3.8) is 0 Å². The summed E-state index contributed by atoms with van der Waals surface area (Å²) in [5.41, 5.74) is 0. The fourth-order valence-corrected chi connectivity index (χ4v) is 2.60. The molecule has 21 heavy (non-hydrogen) atoms. The van der Waals surface area contributed by atoms with Crippen molar-refractivity contribution in [3.05, 3.63) is 30.3 Å². The number of amides is 1. The molecule has 7 nitrogen and oxygen atoms in total. The Bertz CT molecular complexity index is 634. The Morgan fingerprint density at radius 1 is 1.52 bits per heavy atom. The summed E-state index contributed by atoms with van der Waals surface area (Å²) in [5, 5.41) is 15.3. The van der Waals surface area contributed by atoms with Crippen molar-refractivity contribution in [1.82, 2.24) is 19.9 Å². The smallest absolute Gasteiger partial charge is 0.226 e. The van der Waals surface area contributed by atoms with E-state index >= 15 is 0 Å². The van der Waals surface area contributed by atoms with Crippen molar-refractivity contribution in [2.24, 2.45) is 0 Å². The average molecular weight is 307 g/mol. The molecule has 2 aromatic rings. The van der Waals surface area contributed by atoms with Crippen LogP contribution in [0.15, 0.2) is 28.4 Å². The van der Waals surface area contributed by atoms with Crippen molar-refractivity contribution in [2.75, 3.05) is 11.1 Å². The average Bonchev–Trinajstić information content (AvgIpc) is 2.99. The summed E-state index contributed by atoms with van der Waals surface area (Å²) in [5.74, 6) is 2.43. The number of nitrogens with zero attached hydrogens (tertiary/aromatic N) is 4. The van der Waals surface area contributed by atoms with E-state index < -0.39 is 0 Å². The number of thioether (sulfide) groups is 1. The molecule has 2 rings (SSSR count). The number of allylic oxidation sites excluding steroid dienone is 1. The van der Waals surface area contributed by atoms with Crippen LogP contribution in [-0.4, -0.2) is 31.6 Å². The van der Waals surface area contributed by atoms with Gasteiger partial charge in [0.25, 0.3) is 0 Å². The number of hydrogen-bond acceptors (Lipinski definition) is 6. The number of rotatable bonds is 7. The Kier molecular flexibility index (Phi) is 5.15. The quantitative estimate of drug-likeness (QED) is 0.623. The highest BCUT2D eigenvalue weighted by atomic mass is 32.2. The van der Waals surface area contributed by atoms with E-state index in [1.807, 2.05) is 11.5 Å². The number of aromatic nitrogens is 4. The van der Waals surface area contributed by atoms with E-state index in [0.29, 0.717) is 30.3 Å². The van der Waals surface area contributed by atoms with E-state index in [2.05, 4.69) is 27.2 Å². The van der Waals surface area contributed by atoms with Crippen LogP contribution < -0.4 is 5.32 Å². The molecule has 0 aliphatic carbocycles. The molecule has 1 N–H and O–H groups in total. The van der Waals surface area contributed by atoms with Crippen LogP contribution in [0.25, 0.3) is 0 Å². The molecule has 0 unspecified atom stereocenters. The first kappa shape index (κ1) is 15.3. The van der Waals surface area contributed by atoms with Gasteiger partial charge in [0.1, 0.15) is 11.6 Å². The molecule has 8 heteroatoms. The van der Waals surface area contributed by atoms with Crippen LogP contribution in [0.3, 0.4) is 0 Å². The minimum atomic E-state index is -0.109. The standard InChI is InChI=1S/C13H17N5O2S/c1-4-6-18-10(3)15-16-13(18)21-7-5-12(19)14-11-8-9(2)20-17-11/h4,8H,1,5-7H2,2-3H3,(H,14,17,19). The fraction of sp³-hybridized carbons (Fsp3) is 0.385. The highest BCUT2D eigenvalue weighted by molar-refractivity contribution is 7.99. The zero-order valence-electron chi connectivity index (χ0n) is 12.0. The monoisotopic (exact) mass is 307 g/mol. The lowest BCUT2D eigenvalue weighted by molar-refractivity contribution is -0.115. The number of nitrogens with one attached hydrogen (secondary N) is 1. The second kappa shape index (κ2) is 7.07. The van der Waals surface area contributed by atoms with Gasteiger partial charge in [0.2, 0.25) is 5.91 Å². The molecule has 0 atom stereocenters. The molecule has 2 aromatic heterocycles. The van der Waals surface area contributed by atoms with Gasteiger partial charge in [-0.2, -0.15) is 0 Å². The van der Waals surface area contributed by atoms with Gasteiger partial charge in [0, 0.05) is 24.8 Å². The third kappa shape index (κ3) is 4.19. The lowest BCUT2D eigenvalue weighted by Crippen LogP contribution is -2.12. The van der Waals surface area contributed by atoms with Gasteiger partial charge in [-0.1, -0.05) is 23.0 Å². The third-order valence-electron chi connectivity index (χ3n) is 2.67. The normalized spacial score (nSPS) is 10.6. The molecule has 0 aliphatic rings. The van der Waals surface area contributed by atoms with Gasteiger partial charge < -0.3 is 14.4 Å². The molecule has 0 saturated heterocycles. The molecule has 1 amide bonds. The summed E-state index contributed by atoms with van der Waals surface area (Å²) in [6.07, 6.45) is 2.15. The largest absolute Gasteiger partial charge is 0.360 e. The molecule has 0 aromatic carbocycles. The molecule has 0 bridgehead atoms. The first-order valence-electron chi connectivity index (χ1n) is 6.47. The van der Waals surface area contributed by atoms with E-state index in [-0.39, 0.29) is 5.91 Å². The highest BCUT2D eigenvalue weighted by Crippen LogP contribution is 2.18.